The Bertz CT molecular complexity index is 1270. The summed E-state index contributed by atoms with van der Waals surface area (Å²) in [7, 11) is 4.05. The first-order valence-corrected chi connectivity index (χ1v) is 11.9. The van der Waals surface area contributed by atoms with E-state index >= 15 is 0 Å². The van der Waals surface area contributed by atoms with Crippen molar-refractivity contribution in [2.45, 2.75) is 0 Å². The number of benzene rings is 2. The predicted molar refractivity (Wildman–Crippen MR) is 140 cm³/mol. The van der Waals surface area contributed by atoms with E-state index in [1.165, 1.54) is 0 Å². The van der Waals surface area contributed by atoms with E-state index in [-0.39, 0.29) is 0 Å². The summed E-state index contributed by atoms with van der Waals surface area (Å²) in [5.41, 5.74) is 4.74. The lowest BCUT2D eigenvalue weighted by molar-refractivity contribution is 0.123. The topological polar surface area (TPSA) is 75.6 Å². The quantitative estimate of drug-likeness (QED) is 0.410. The van der Waals surface area contributed by atoms with Gasteiger partial charge in [0.1, 0.15) is 12.4 Å². The molecule has 1 N–H and O–H groups in total. The van der Waals surface area contributed by atoms with E-state index < -0.39 is 0 Å². The average molecular weight is 471 g/mol. The van der Waals surface area contributed by atoms with Crippen LogP contribution in [-0.2, 0) is 4.74 Å². The van der Waals surface area contributed by atoms with Crippen LogP contribution in [0.4, 0.5) is 17.3 Å². The largest absolute Gasteiger partial charge is 0.491 e. The zero-order valence-corrected chi connectivity index (χ0v) is 20.1. The van der Waals surface area contributed by atoms with Crippen LogP contribution < -0.4 is 15.0 Å². The van der Waals surface area contributed by atoms with Gasteiger partial charge in [-0.1, -0.05) is 30.3 Å². The Kier molecular flexibility index (Phi) is 7.02. The van der Waals surface area contributed by atoms with Crippen LogP contribution in [-0.4, -0.2) is 73.4 Å². The van der Waals surface area contributed by atoms with Gasteiger partial charge in [0.2, 0.25) is 5.95 Å². The number of hydrogen-bond donors (Lipinski definition) is 1. The molecule has 0 bridgehead atoms. The number of nitrogens with zero attached hydrogens (tertiary/aromatic N) is 5. The number of aromatic nitrogens is 3. The molecule has 0 unspecified atom stereocenters. The van der Waals surface area contributed by atoms with Crippen molar-refractivity contribution in [1.29, 1.82) is 0 Å². The van der Waals surface area contributed by atoms with E-state index in [2.05, 4.69) is 43.3 Å². The van der Waals surface area contributed by atoms with Gasteiger partial charge < -0.3 is 24.6 Å². The van der Waals surface area contributed by atoms with Crippen molar-refractivity contribution in [3.05, 3.63) is 67.0 Å². The third kappa shape index (κ3) is 5.50. The number of likely N-dealkylation sites (N-methyl/N-ethyl adjacent to an activating group) is 1. The van der Waals surface area contributed by atoms with E-state index in [0.717, 1.165) is 72.1 Å². The molecule has 4 aromatic rings. The fourth-order valence-corrected chi connectivity index (χ4v) is 4.07. The van der Waals surface area contributed by atoms with Crippen molar-refractivity contribution in [2.75, 3.05) is 63.8 Å². The van der Waals surface area contributed by atoms with E-state index in [4.69, 9.17) is 14.5 Å². The number of para-hydroxylation sites is 3. The summed E-state index contributed by atoms with van der Waals surface area (Å²) in [5, 5.41) is 4.39. The molecule has 2 aromatic carbocycles. The first-order chi connectivity index (χ1) is 17.2. The van der Waals surface area contributed by atoms with Gasteiger partial charge in [-0.2, -0.15) is 0 Å². The molecule has 0 aliphatic carbocycles. The van der Waals surface area contributed by atoms with Crippen LogP contribution >= 0.6 is 0 Å². The number of morpholine rings is 1. The van der Waals surface area contributed by atoms with Gasteiger partial charge in [0.25, 0.3) is 0 Å². The fraction of sp³-hybridized carbons (Fsp3) is 0.296. The molecule has 1 aliphatic rings. The number of nitrogens with one attached hydrogen (secondary N) is 1. The highest BCUT2D eigenvalue weighted by Gasteiger charge is 2.16. The Morgan fingerprint density at radius 2 is 1.83 bits per heavy atom. The van der Waals surface area contributed by atoms with E-state index in [1.807, 2.05) is 56.7 Å². The van der Waals surface area contributed by atoms with E-state index in [9.17, 15) is 0 Å². The molecule has 1 aliphatic heterocycles. The SMILES string of the molecule is CN(C)CCOc1ccc(-c2cccc3cnc(Nc4ccccc4N4CCOCC4)nc23)nc1. The Morgan fingerprint density at radius 3 is 2.63 bits per heavy atom. The van der Waals surface area contributed by atoms with Gasteiger partial charge in [-0.05, 0) is 38.4 Å². The summed E-state index contributed by atoms with van der Waals surface area (Å²) in [6, 6.07) is 18.2. The molecule has 0 atom stereocenters. The Morgan fingerprint density at radius 1 is 0.971 bits per heavy atom. The maximum Gasteiger partial charge on any atom is 0.227 e. The summed E-state index contributed by atoms with van der Waals surface area (Å²) in [6.07, 6.45) is 3.62. The van der Waals surface area contributed by atoms with Crippen LogP contribution in [0.25, 0.3) is 22.2 Å². The summed E-state index contributed by atoms with van der Waals surface area (Å²) >= 11 is 0. The van der Waals surface area contributed by atoms with Gasteiger partial charge in [0, 0.05) is 36.8 Å². The lowest BCUT2D eigenvalue weighted by atomic mass is 10.1. The summed E-state index contributed by atoms with van der Waals surface area (Å²) in [4.78, 5) is 18.5. The van der Waals surface area contributed by atoms with Crippen molar-refractivity contribution < 1.29 is 9.47 Å². The number of fused-ring (bicyclic) bond motifs is 1. The molecule has 2 aromatic heterocycles. The molecule has 35 heavy (non-hydrogen) atoms. The van der Waals surface area contributed by atoms with Crippen molar-refractivity contribution >= 4 is 28.2 Å². The summed E-state index contributed by atoms with van der Waals surface area (Å²) in [6.45, 7) is 4.67. The molecule has 0 spiro atoms. The highest BCUT2D eigenvalue weighted by atomic mass is 16.5. The average Bonchev–Trinajstić information content (AvgIpc) is 2.89. The van der Waals surface area contributed by atoms with Crippen LogP contribution in [0.1, 0.15) is 0 Å². The van der Waals surface area contributed by atoms with Gasteiger partial charge in [-0.3, -0.25) is 4.98 Å². The first-order valence-electron chi connectivity index (χ1n) is 11.9. The molecule has 0 radical (unpaired) electrons. The third-order valence-electron chi connectivity index (χ3n) is 5.93. The molecule has 1 saturated heterocycles. The number of ether oxygens (including phenoxy) is 2. The number of hydrogen-bond acceptors (Lipinski definition) is 8. The second kappa shape index (κ2) is 10.7. The lowest BCUT2D eigenvalue weighted by Crippen LogP contribution is -2.36. The molecule has 180 valence electrons. The molecular formula is C27H30N6O2. The summed E-state index contributed by atoms with van der Waals surface area (Å²) in [5.74, 6) is 1.31. The first kappa shape index (κ1) is 23.0. The minimum absolute atomic E-state index is 0.550. The standard InChI is InChI=1S/C27H30N6O2/c1-32(2)12-17-35-21-10-11-23(28-19-21)22-7-5-6-20-18-29-27(31-26(20)22)30-24-8-3-4-9-25(24)33-13-15-34-16-14-33/h3-11,18-19H,12-17H2,1-2H3,(H,29,30,31). The number of rotatable bonds is 8. The van der Waals surface area contributed by atoms with Crippen molar-refractivity contribution in [3.63, 3.8) is 0 Å². The fourth-order valence-electron chi connectivity index (χ4n) is 4.07. The van der Waals surface area contributed by atoms with E-state index in [1.54, 1.807) is 6.20 Å². The Labute approximate surface area is 205 Å². The van der Waals surface area contributed by atoms with Gasteiger partial charge in [-0.25, -0.2) is 9.97 Å². The van der Waals surface area contributed by atoms with E-state index in [0.29, 0.717) is 12.6 Å². The Hall–Kier alpha value is -3.75. The normalized spacial score (nSPS) is 13.9. The van der Waals surface area contributed by atoms with Crippen LogP contribution in [0.15, 0.2) is 67.0 Å². The Balaban J connectivity index is 1.40. The third-order valence-corrected chi connectivity index (χ3v) is 5.93. The molecule has 5 rings (SSSR count). The molecule has 1 fully saturated rings. The predicted octanol–water partition coefficient (Wildman–Crippen LogP) is 4.21. The zero-order chi connectivity index (χ0) is 24.0. The molecule has 0 saturated carbocycles. The molecule has 3 heterocycles. The zero-order valence-electron chi connectivity index (χ0n) is 20.1. The minimum Gasteiger partial charge on any atom is -0.491 e. The van der Waals surface area contributed by atoms with Gasteiger partial charge >= 0.3 is 0 Å². The molecule has 8 nitrogen and oxygen atoms in total. The van der Waals surface area contributed by atoms with Crippen LogP contribution in [0.3, 0.4) is 0 Å². The highest BCUT2D eigenvalue weighted by Crippen LogP contribution is 2.31. The highest BCUT2D eigenvalue weighted by molar-refractivity contribution is 5.93. The number of pyridine rings is 1. The number of anilines is 3. The van der Waals surface area contributed by atoms with Crippen molar-refractivity contribution in [2.24, 2.45) is 0 Å². The second-order valence-corrected chi connectivity index (χ2v) is 8.71. The maximum atomic E-state index is 5.79. The molecule has 8 heteroatoms. The van der Waals surface area contributed by atoms with Gasteiger partial charge in [0.15, 0.2) is 0 Å². The molecular weight excluding hydrogens is 440 g/mol. The van der Waals surface area contributed by atoms with Crippen LogP contribution in [0.2, 0.25) is 0 Å². The second-order valence-electron chi connectivity index (χ2n) is 8.71. The van der Waals surface area contributed by atoms with Crippen molar-refractivity contribution in [3.8, 4) is 17.0 Å². The maximum absolute atomic E-state index is 5.79. The van der Waals surface area contributed by atoms with Crippen LogP contribution in [0.5, 0.6) is 5.75 Å². The minimum atomic E-state index is 0.550. The van der Waals surface area contributed by atoms with Crippen LogP contribution in [0, 0.1) is 0 Å². The van der Waals surface area contributed by atoms with Gasteiger partial charge in [-0.15, -0.1) is 0 Å². The monoisotopic (exact) mass is 470 g/mol. The molecule has 0 amide bonds. The summed E-state index contributed by atoms with van der Waals surface area (Å²) < 4.78 is 11.3. The lowest BCUT2D eigenvalue weighted by Gasteiger charge is -2.30. The van der Waals surface area contributed by atoms with Gasteiger partial charge in [0.05, 0.1) is 42.0 Å². The van der Waals surface area contributed by atoms with Crippen molar-refractivity contribution in [1.82, 2.24) is 19.9 Å². The smallest absolute Gasteiger partial charge is 0.227 e.